The number of furan rings is 1. The van der Waals surface area contributed by atoms with Crippen molar-refractivity contribution in [2.75, 3.05) is 5.75 Å². The second kappa shape index (κ2) is 7.22. The van der Waals surface area contributed by atoms with Crippen molar-refractivity contribution in [1.82, 2.24) is 5.32 Å². The van der Waals surface area contributed by atoms with E-state index in [0.29, 0.717) is 11.8 Å². The Balaban J connectivity index is 1.83. The van der Waals surface area contributed by atoms with E-state index < -0.39 is 0 Å². The molecule has 1 aliphatic rings. The molecule has 0 spiro atoms. The van der Waals surface area contributed by atoms with E-state index >= 15 is 0 Å². The number of thioether (sulfide) groups is 1. The van der Waals surface area contributed by atoms with E-state index in [4.69, 9.17) is 9.52 Å². The first-order valence-corrected chi connectivity index (χ1v) is 7.91. The minimum absolute atomic E-state index is 0.0161. The van der Waals surface area contributed by atoms with Gasteiger partial charge in [0, 0.05) is 11.3 Å². The van der Waals surface area contributed by atoms with Gasteiger partial charge < -0.3 is 14.8 Å². The molecule has 3 nitrogen and oxygen atoms in total. The van der Waals surface area contributed by atoms with Gasteiger partial charge in [0.25, 0.3) is 0 Å². The van der Waals surface area contributed by atoms with Crippen LogP contribution in [0.15, 0.2) is 16.5 Å². The van der Waals surface area contributed by atoms with Crippen molar-refractivity contribution in [2.45, 2.75) is 57.1 Å². The smallest absolute Gasteiger partial charge is 0.129 e. The molecule has 18 heavy (non-hydrogen) atoms. The molecule has 0 amide bonds. The fraction of sp³-hybridized carbons (Fsp3) is 0.714. The number of nitrogens with one attached hydrogen (secondary N) is 1. The van der Waals surface area contributed by atoms with Gasteiger partial charge in [-0.3, -0.25) is 0 Å². The molecule has 2 N–H and O–H groups in total. The summed E-state index contributed by atoms with van der Waals surface area (Å²) in [5.74, 6) is 2.76. The van der Waals surface area contributed by atoms with Crippen LogP contribution >= 0.6 is 11.8 Å². The maximum atomic E-state index is 8.96. The summed E-state index contributed by atoms with van der Waals surface area (Å²) in [5, 5.41) is 13.3. The molecule has 102 valence electrons. The fourth-order valence-electron chi connectivity index (χ4n) is 2.58. The van der Waals surface area contributed by atoms with Gasteiger partial charge in [0.2, 0.25) is 0 Å². The lowest BCUT2D eigenvalue weighted by molar-refractivity contribution is 0.241. The van der Waals surface area contributed by atoms with E-state index in [1.807, 2.05) is 12.1 Å². The van der Waals surface area contributed by atoms with Gasteiger partial charge in [-0.25, -0.2) is 0 Å². The third-order valence-electron chi connectivity index (χ3n) is 3.49. The average molecular weight is 269 g/mol. The fourth-order valence-corrected chi connectivity index (χ4v) is 3.80. The van der Waals surface area contributed by atoms with E-state index in [9.17, 15) is 0 Å². The third kappa shape index (κ3) is 3.77. The first kappa shape index (κ1) is 14.0. The van der Waals surface area contributed by atoms with E-state index in [-0.39, 0.29) is 6.61 Å². The molecule has 0 unspecified atom stereocenters. The van der Waals surface area contributed by atoms with Crippen LogP contribution in [0.5, 0.6) is 0 Å². The van der Waals surface area contributed by atoms with Gasteiger partial charge in [-0.15, -0.1) is 0 Å². The summed E-state index contributed by atoms with van der Waals surface area (Å²) in [7, 11) is 0. The van der Waals surface area contributed by atoms with Crippen LogP contribution in [0.25, 0.3) is 0 Å². The third-order valence-corrected chi connectivity index (χ3v) is 4.82. The van der Waals surface area contributed by atoms with Gasteiger partial charge in [0.05, 0.1) is 6.54 Å². The van der Waals surface area contributed by atoms with Crippen LogP contribution in [-0.2, 0) is 13.2 Å². The molecular weight excluding hydrogens is 246 g/mol. The predicted molar refractivity (Wildman–Crippen MR) is 75.6 cm³/mol. The number of hydrogen-bond donors (Lipinski definition) is 2. The van der Waals surface area contributed by atoms with Crippen molar-refractivity contribution in [3.05, 3.63) is 23.7 Å². The first-order valence-electron chi connectivity index (χ1n) is 6.87. The van der Waals surface area contributed by atoms with E-state index in [1.165, 1.54) is 31.4 Å². The lowest BCUT2D eigenvalue weighted by Crippen LogP contribution is -2.40. The topological polar surface area (TPSA) is 45.4 Å². The highest BCUT2D eigenvalue weighted by atomic mass is 32.2. The Bertz CT molecular complexity index is 351. The van der Waals surface area contributed by atoms with Gasteiger partial charge in [0.15, 0.2) is 0 Å². The van der Waals surface area contributed by atoms with Gasteiger partial charge in [-0.05, 0) is 30.7 Å². The standard InChI is InChI=1S/C14H23NO2S/c1-2-18-14-6-4-3-5-13(14)15-9-11-7-8-12(10-16)17-11/h7-8,13-16H,2-6,9-10H2,1H3/t13-,14+/m0/s1. The zero-order valence-corrected chi connectivity index (χ0v) is 11.8. The Hall–Kier alpha value is -0.450. The van der Waals surface area contributed by atoms with Crippen LogP contribution < -0.4 is 5.32 Å². The summed E-state index contributed by atoms with van der Waals surface area (Å²) in [5.41, 5.74) is 0. The van der Waals surface area contributed by atoms with Gasteiger partial charge in [-0.2, -0.15) is 11.8 Å². The SMILES string of the molecule is CCS[C@@H]1CCCC[C@@H]1NCc1ccc(CO)o1. The molecule has 4 heteroatoms. The van der Waals surface area contributed by atoms with Crippen LogP contribution in [0.2, 0.25) is 0 Å². The Kier molecular flexibility index (Phi) is 5.60. The molecule has 0 aromatic carbocycles. The van der Waals surface area contributed by atoms with Gasteiger partial charge in [-0.1, -0.05) is 19.8 Å². The van der Waals surface area contributed by atoms with Crippen molar-refractivity contribution in [3.8, 4) is 0 Å². The predicted octanol–water partition coefficient (Wildman–Crippen LogP) is 2.93. The Morgan fingerprint density at radius 3 is 2.83 bits per heavy atom. The molecule has 0 aliphatic heterocycles. The molecule has 2 atom stereocenters. The van der Waals surface area contributed by atoms with Crippen molar-refractivity contribution in [1.29, 1.82) is 0 Å². The maximum absolute atomic E-state index is 8.96. The van der Waals surface area contributed by atoms with E-state index in [2.05, 4.69) is 24.0 Å². The Morgan fingerprint density at radius 1 is 1.33 bits per heavy atom. The molecule has 1 aromatic heterocycles. The molecule has 1 aliphatic carbocycles. The summed E-state index contributed by atoms with van der Waals surface area (Å²) in [6.45, 7) is 2.99. The second-order valence-electron chi connectivity index (χ2n) is 4.79. The molecule has 1 fully saturated rings. The summed E-state index contributed by atoms with van der Waals surface area (Å²) in [4.78, 5) is 0. The van der Waals surface area contributed by atoms with Crippen molar-refractivity contribution in [3.63, 3.8) is 0 Å². The monoisotopic (exact) mass is 269 g/mol. The quantitative estimate of drug-likeness (QED) is 0.833. The summed E-state index contributed by atoms with van der Waals surface area (Å²) < 4.78 is 5.50. The average Bonchev–Trinajstić information content (AvgIpc) is 2.86. The lowest BCUT2D eigenvalue weighted by atomic mass is 9.95. The van der Waals surface area contributed by atoms with Crippen molar-refractivity contribution < 1.29 is 9.52 Å². The van der Waals surface area contributed by atoms with E-state index in [1.54, 1.807) is 0 Å². The van der Waals surface area contributed by atoms with Gasteiger partial charge >= 0.3 is 0 Å². The van der Waals surface area contributed by atoms with Crippen LogP contribution in [0, 0.1) is 0 Å². The van der Waals surface area contributed by atoms with Crippen molar-refractivity contribution in [2.24, 2.45) is 0 Å². The summed E-state index contributed by atoms with van der Waals surface area (Å²) >= 11 is 2.07. The number of aliphatic hydroxyl groups is 1. The van der Waals surface area contributed by atoms with Gasteiger partial charge in [0.1, 0.15) is 18.1 Å². The second-order valence-corrected chi connectivity index (χ2v) is 6.31. The minimum Gasteiger partial charge on any atom is -0.462 e. The number of aliphatic hydroxyl groups excluding tert-OH is 1. The normalized spacial score (nSPS) is 24.3. The van der Waals surface area contributed by atoms with Crippen LogP contribution in [0.3, 0.4) is 0 Å². The maximum Gasteiger partial charge on any atom is 0.129 e. The highest BCUT2D eigenvalue weighted by Crippen LogP contribution is 2.28. The van der Waals surface area contributed by atoms with E-state index in [0.717, 1.165) is 17.6 Å². The molecular formula is C14H23NO2S. The molecule has 0 radical (unpaired) electrons. The van der Waals surface area contributed by atoms with Crippen molar-refractivity contribution >= 4 is 11.8 Å². The molecule has 2 rings (SSSR count). The highest BCUT2D eigenvalue weighted by molar-refractivity contribution is 7.99. The number of hydrogen-bond acceptors (Lipinski definition) is 4. The molecule has 1 heterocycles. The van der Waals surface area contributed by atoms with Crippen LogP contribution in [0.1, 0.15) is 44.1 Å². The molecule has 0 saturated heterocycles. The zero-order chi connectivity index (χ0) is 12.8. The molecule has 1 aromatic rings. The van der Waals surface area contributed by atoms with Crippen LogP contribution in [-0.4, -0.2) is 22.2 Å². The first-order chi connectivity index (χ1) is 8.83. The molecule has 0 bridgehead atoms. The lowest BCUT2D eigenvalue weighted by Gasteiger charge is -2.31. The zero-order valence-electron chi connectivity index (χ0n) is 11.0. The summed E-state index contributed by atoms with van der Waals surface area (Å²) in [6.07, 6.45) is 5.30. The highest BCUT2D eigenvalue weighted by Gasteiger charge is 2.24. The Morgan fingerprint density at radius 2 is 2.11 bits per heavy atom. The largest absolute Gasteiger partial charge is 0.462 e. The van der Waals surface area contributed by atoms with Crippen LogP contribution in [0.4, 0.5) is 0 Å². The number of rotatable bonds is 6. The minimum atomic E-state index is -0.0161. The summed E-state index contributed by atoms with van der Waals surface area (Å²) in [6, 6.07) is 4.39. The molecule has 1 saturated carbocycles. The Labute approximate surface area is 113 Å².